The lowest BCUT2D eigenvalue weighted by Gasteiger charge is -2.25. The van der Waals surface area contributed by atoms with Crippen LogP contribution >= 0.6 is 24.0 Å². The van der Waals surface area contributed by atoms with Crippen LogP contribution in [0, 0.1) is 0 Å². The van der Waals surface area contributed by atoms with Gasteiger partial charge in [-0.05, 0) is 60.7 Å². The van der Waals surface area contributed by atoms with Gasteiger partial charge in [-0.3, -0.25) is 9.78 Å². The number of hydrogen-bond acceptors (Lipinski definition) is 5. The molecule has 4 aromatic rings. The normalized spacial score (nSPS) is 17.3. The van der Waals surface area contributed by atoms with Crippen LogP contribution in [-0.2, 0) is 4.79 Å². The van der Waals surface area contributed by atoms with E-state index in [-0.39, 0.29) is 24.4 Å². The summed E-state index contributed by atoms with van der Waals surface area (Å²) in [7, 11) is 0. The lowest BCUT2D eigenvalue weighted by Crippen LogP contribution is -2.32. The number of benzene rings is 2. The van der Waals surface area contributed by atoms with Crippen LogP contribution in [0.2, 0.25) is 0 Å². The molecule has 0 bridgehead atoms. The second-order valence-electron chi connectivity index (χ2n) is 8.06. The molecule has 0 saturated carbocycles. The van der Waals surface area contributed by atoms with E-state index in [1.54, 1.807) is 18.0 Å². The largest absolute Gasteiger partial charge is 0.452 e. The van der Waals surface area contributed by atoms with E-state index in [9.17, 15) is 4.79 Å². The Morgan fingerprint density at radius 3 is 2.49 bits per heavy atom. The fourth-order valence-corrected chi connectivity index (χ4v) is 5.21. The molecule has 2 aromatic carbocycles. The number of amides is 1. The molecule has 1 amide bonds. The van der Waals surface area contributed by atoms with Gasteiger partial charge in [-0.1, -0.05) is 54.2 Å². The van der Waals surface area contributed by atoms with Gasteiger partial charge in [-0.25, -0.2) is 0 Å². The zero-order valence-electron chi connectivity index (χ0n) is 18.8. The maximum absolute atomic E-state index is 12.6. The monoisotopic (exact) mass is 500 g/mol. The van der Waals surface area contributed by atoms with Crippen LogP contribution in [0.1, 0.15) is 30.0 Å². The minimum atomic E-state index is -0.230. The van der Waals surface area contributed by atoms with Crippen LogP contribution in [0.25, 0.3) is 0 Å². The Bertz CT molecular complexity index is 1280. The fraction of sp³-hybridized carbons (Fsp3) is 0.148. The summed E-state index contributed by atoms with van der Waals surface area (Å²) in [5, 5.41) is 7.71. The number of pyridine rings is 1. The molecule has 0 aliphatic carbocycles. The number of carbonyl (C=O) groups excluding carboxylic acids is 1. The summed E-state index contributed by atoms with van der Waals surface area (Å²) in [5.41, 5.74) is 1.64. The predicted molar refractivity (Wildman–Crippen MR) is 141 cm³/mol. The summed E-state index contributed by atoms with van der Waals surface area (Å²) in [6, 6.07) is 28.9. The average Bonchev–Trinajstić information content (AvgIpc) is 3.48. The zero-order valence-corrected chi connectivity index (χ0v) is 20.5. The van der Waals surface area contributed by atoms with E-state index in [0.29, 0.717) is 11.7 Å². The number of nitrogens with zero attached hydrogens (tertiary/aromatic N) is 2. The first-order valence-corrected chi connectivity index (χ1v) is 12.6. The van der Waals surface area contributed by atoms with Crippen LogP contribution in [0.4, 0.5) is 5.69 Å². The van der Waals surface area contributed by atoms with Gasteiger partial charge < -0.3 is 20.0 Å². The smallest absolute Gasteiger partial charge is 0.226 e. The van der Waals surface area contributed by atoms with Crippen molar-refractivity contribution in [1.82, 2.24) is 15.2 Å². The van der Waals surface area contributed by atoms with Crippen molar-refractivity contribution in [2.75, 3.05) is 11.9 Å². The first kappa shape index (κ1) is 23.1. The van der Waals surface area contributed by atoms with Crippen molar-refractivity contribution in [2.45, 2.75) is 28.5 Å². The standard InChI is InChI=1S/C27H24N4O2S2/c32-23(29-19-9-3-1-4-10-19)16-18-31-26(25(30-27(31)34)21-13-7-8-17-28-21)22-14-15-24(33-22)35-20-11-5-2-6-12-20/h1-15,17,25-26H,16,18H2,(H,29,32)(H,30,34)/t25-,26-/m0/s1. The van der Waals surface area contributed by atoms with Crippen molar-refractivity contribution < 1.29 is 9.21 Å². The van der Waals surface area contributed by atoms with E-state index in [1.165, 1.54) is 0 Å². The van der Waals surface area contributed by atoms with Gasteiger partial charge in [0.1, 0.15) is 11.8 Å². The molecule has 6 nitrogen and oxygen atoms in total. The third kappa shape index (κ3) is 5.55. The summed E-state index contributed by atoms with van der Waals surface area (Å²) in [6.45, 7) is 0.445. The minimum Gasteiger partial charge on any atom is -0.452 e. The molecule has 1 fully saturated rings. The van der Waals surface area contributed by atoms with Crippen molar-refractivity contribution in [3.63, 3.8) is 0 Å². The quantitative estimate of drug-likeness (QED) is 0.295. The topological polar surface area (TPSA) is 70.4 Å². The van der Waals surface area contributed by atoms with Gasteiger partial charge in [-0.15, -0.1) is 0 Å². The Morgan fingerprint density at radius 2 is 1.74 bits per heavy atom. The highest BCUT2D eigenvalue weighted by Gasteiger charge is 2.41. The third-order valence-corrected chi connectivity index (χ3v) is 6.97. The number of thiocarbonyl (C=S) groups is 1. The number of rotatable bonds is 8. The Kier molecular flexibility index (Phi) is 7.11. The molecule has 0 spiro atoms. The summed E-state index contributed by atoms with van der Waals surface area (Å²) < 4.78 is 6.30. The molecule has 1 aliphatic heterocycles. The third-order valence-electron chi connectivity index (χ3n) is 5.69. The Balaban J connectivity index is 1.36. The van der Waals surface area contributed by atoms with Crippen molar-refractivity contribution in [3.8, 4) is 0 Å². The van der Waals surface area contributed by atoms with Crippen LogP contribution < -0.4 is 10.6 Å². The van der Waals surface area contributed by atoms with E-state index in [2.05, 4.69) is 15.6 Å². The second-order valence-corrected chi connectivity index (χ2v) is 9.52. The number of para-hydroxylation sites is 1. The zero-order chi connectivity index (χ0) is 24.0. The number of hydrogen-bond donors (Lipinski definition) is 2. The molecule has 3 heterocycles. The molecule has 176 valence electrons. The number of nitrogens with one attached hydrogen (secondary N) is 2. The van der Waals surface area contributed by atoms with Gasteiger partial charge in [0.15, 0.2) is 10.2 Å². The van der Waals surface area contributed by atoms with E-state index in [4.69, 9.17) is 16.6 Å². The first-order valence-electron chi connectivity index (χ1n) is 11.3. The van der Waals surface area contributed by atoms with Crippen molar-refractivity contribution in [2.24, 2.45) is 0 Å². The Morgan fingerprint density at radius 1 is 1.00 bits per heavy atom. The van der Waals surface area contributed by atoms with E-state index < -0.39 is 0 Å². The minimum absolute atomic E-state index is 0.0706. The average molecular weight is 501 g/mol. The first-order chi connectivity index (χ1) is 17.2. The molecule has 5 rings (SSSR count). The van der Waals surface area contributed by atoms with Crippen LogP contribution in [0.15, 0.2) is 112 Å². The Hall–Kier alpha value is -3.62. The van der Waals surface area contributed by atoms with Gasteiger partial charge in [0.05, 0.1) is 11.7 Å². The van der Waals surface area contributed by atoms with E-state index >= 15 is 0 Å². The number of aromatic nitrogens is 1. The van der Waals surface area contributed by atoms with Crippen LogP contribution in [0.5, 0.6) is 0 Å². The maximum atomic E-state index is 12.6. The fourth-order valence-electron chi connectivity index (χ4n) is 4.08. The highest BCUT2D eigenvalue weighted by atomic mass is 32.2. The summed E-state index contributed by atoms with van der Waals surface area (Å²) in [4.78, 5) is 20.3. The maximum Gasteiger partial charge on any atom is 0.226 e. The summed E-state index contributed by atoms with van der Waals surface area (Å²) >= 11 is 7.26. The van der Waals surface area contributed by atoms with Gasteiger partial charge in [0.25, 0.3) is 0 Å². The molecule has 1 aliphatic rings. The number of furan rings is 1. The number of anilines is 1. The van der Waals surface area contributed by atoms with Crippen molar-refractivity contribution in [3.05, 3.63) is 109 Å². The SMILES string of the molecule is O=C(CCN1C(=S)N[C@@H](c2ccccn2)[C@@H]1c1ccc(Sc2ccccc2)o1)Nc1ccccc1. The van der Waals surface area contributed by atoms with Gasteiger partial charge in [0.2, 0.25) is 5.91 Å². The summed E-state index contributed by atoms with van der Waals surface area (Å²) in [6.07, 6.45) is 2.06. The Labute approximate surface area is 213 Å². The molecule has 2 N–H and O–H groups in total. The lowest BCUT2D eigenvalue weighted by molar-refractivity contribution is -0.116. The molecular formula is C27H24N4O2S2. The van der Waals surface area contributed by atoms with Crippen molar-refractivity contribution in [1.29, 1.82) is 0 Å². The molecule has 2 atom stereocenters. The molecular weight excluding hydrogens is 476 g/mol. The summed E-state index contributed by atoms with van der Waals surface area (Å²) in [5.74, 6) is 0.703. The molecule has 35 heavy (non-hydrogen) atoms. The van der Waals surface area contributed by atoms with Gasteiger partial charge >= 0.3 is 0 Å². The van der Waals surface area contributed by atoms with E-state index in [0.717, 1.165) is 27.1 Å². The second kappa shape index (κ2) is 10.8. The van der Waals surface area contributed by atoms with Crippen molar-refractivity contribution >= 4 is 40.7 Å². The molecule has 0 radical (unpaired) electrons. The molecule has 1 saturated heterocycles. The number of carbonyl (C=O) groups is 1. The van der Waals surface area contributed by atoms with Gasteiger partial charge in [0, 0.05) is 29.7 Å². The van der Waals surface area contributed by atoms with Crippen LogP contribution in [-0.4, -0.2) is 27.4 Å². The highest BCUT2D eigenvalue weighted by molar-refractivity contribution is 7.99. The van der Waals surface area contributed by atoms with Crippen LogP contribution in [0.3, 0.4) is 0 Å². The molecule has 8 heteroatoms. The van der Waals surface area contributed by atoms with Gasteiger partial charge in [-0.2, -0.15) is 0 Å². The highest BCUT2D eigenvalue weighted by Crippen LogP contribution is 2.41. The van der Waals surface area contributed by atoms with E-state index in [1.807, 2.05) is 95.9 Å². The lowest BCUT2D eigenvalue weighted by atomic mass is 10.0. The predicted octanol–water partition coefficient (Wildman–Crippen LogP) is 5.83. The molecule has 0 unspecified atom stereocenters. The molecule has 2 aromatic heterocycles.